The van der Waals surface area contributed by atoms with Crippen molar-refractivity contribution in [3.05, 3.63) is 48.0 Å². The molecule has 104 valence electrons. The summed E-state index contributed by atoms with van der Waals surface area (Å²) in [6.45, 7) is 2.12. The molecular weight excluding hydrogens is 278 g/mol. The van der Waals surface area contributed by atoms with Gasteiger partial charge in [-0.15, -0.1) is 11.3 Å². The van der Waals surface area contributed by atoms with Crippen LogP contribution >= 0.6 is 11.3 Å². The fourth-order valence-electron chi connectivity index (χ4n) is 2.27. The van der Waals surface area contributed by atoms with Crippen LogP contribution in [0.3, 0.4) is 0 Å². The molecule has 0 aliphatic carbocycles. The predicted molar refractivity (Wildman–Crippen MR) is 89.5 cm³/mol. The first kappa shape index (κ1) is 13.7. The van der Waals surface area contributed by atoms with Gasteiger partial charge in [-0.2, -0.15) is 0 Å². The molecule has 0 spiro atoms. The number of nitrogens with one attached hydrogen (secondary N) is 1. The van der Waals surface area contributed by atoms with Gasteiger partial charge in [0.05, 0.1) is 0 Å². The second-order valence-corrected chi connectivity index (χ2v) is 5.93. The molecule has 2 aromatic carbocycles. The number of hydrogen-bond donors (Lipinski definition) is 1. The van der Waals surface area contributed by atoms with E-state index in [0.717, 1.165) is 5.56 Å². The van der Waals surface area contributed by atoms with Gasteiger partial charge in [-0.3, -0.25) is 4.79 Å². The second-order valence-electron chi connectivity index (χ2n) is 4.84. The van der Waals surface area contributed by atoms with E-state index in [2.05, 4.69) is 59.6 Å². The van der Waals surface area contributed by atoms with E-state index in [1.165, 1.54) is 27.1 Å². The van der Waals surface area contributed by atoms with Crippen LogP contribution in [0, 0.1) is 11.8 Å². The first-order valence-electron chi connectivity index (χ1n) is 6.88. The molecule has 0 saturated carbocycles. The number of hydrogen-bond acceptors (Lipinski definition) is 2. The normalized spacial score (nSPS) is 10.3. The molecule has 0 saturated heterocycles. The molecule has 3 rings (SSSR count). The van der Waals surface area contributed by atoms with Crippen molar-refractivity contribution in [1.82, 2.24) is 5.32 Å². The third kappa shape index (κ3) is 3.07. The summed E-state index contributed by atoms with van der Waals surface area (Å²) in [4.78, 5) is 10.8. The fraction of sp³-hybridized carbons (Fsp3) is 0.167. The minimum atomic E-state index is -0.0111. The molecule has 0 unspecified atom stereocenters. The molecule has 2 nitrogen and oxygen atoms in total. The van der Waals surface area contributed by atoms with Crippen LogP contribution in [-0.4, -0.2) is 12.5 Å². The van der Waals surface area contributed by atoms with Crippen molar-refractivity contribution in [2.45, 2.75) is 13.3 Å². The van der Waals surface area contributed by atoms with Crippen LogP contribution in [0.1, 0.15) is 18.9 Å². The molecule has 0 aliphatic heterocycles. The van der Waals surface area contributed by atoms with Gasteiger partial charge in [-0.05, 0) is 24.3 Å². The molecule has 1 N–H and O–H groups in total. The summed E-state index contributed by atoms with van der Waals surface area (Å²) in [6, 6.07) is 14.8. The van der Waals surface area contributed by atoms with Gasteiger partial charge in [0.1, 0.15) is 0 Å². The topological polar surface area (TPSA) is 29.1 Å². The number of thiophene rings is 1. The van der Waals surface area contributed by atoms with Crippen molar-refractivity contribution >= 4 is 37.4 Å². The molecule has 1 amide bonds. The minimum absolute atomic E-state index is 0.0111. The first-order chi connectivity index (χ1) is 10.2. The van der Waals surface area contributed by atoms with E-state index in [1.54, 1.807) is 0 Å². The van der Waals surface area contributed by atoms with E-state index in [1.807, 2.05) is 11.3 Å². The molecule has 0 fully saturated rings. The van der Waals surface area contributed by atoms with Gasteiger partial charge in [0.25, 0.3) is 0 Å². The fourth-order valence-corrected chi connectivity index (χ4v) is 3.36. The highest BCUT2D eigenvalue weighted by Crippen LogP contribution is 2.33. The van der Waals surface area contributed by atoms with Crippen molar-refractivity contribution in [3.8, 4) is 11.8 Å². The molecule has 1 heterocycles. The third-order valence-electron chi connectivity index (χ3n) is 3.23. The number of amides is 1. The Hall–Kier alpha value is -2.31. The van der Waals surface area contributed by atoms with Gasteiger partial charge >= 0.3 is 0 Å². The second kappa shape index (κ2) is 5.99. The zero-order valence-electron chi connectivity index (χ0n) is 11.8. The maximum absolute atomic E-state index is 10.8. The molecule has 0 aliphatic rings. The monoisotopic (exact) mass is 293 g/mol. The summed E-state index contributed by atoms with van der Waals surface area (Å²) in [7, 11) is 0. The molecule has 3 aromatic rings. The predicted octanol–water partition coefficient (Wildman–Crippen LogP) is 3.93. The summed E-state index contributed by atoms with van der Waals surface area (Å²) in [5.74, 6) is 6.26. The highest BCUT2D eigenvalue weighted by atomic mass is 32.1. The molecule has 1 aromatic heterocycles. The quantitative estimate of drug-likeness (QED) is 0.563. The van der Waals surface area contributed by atoms with E-state index >= 15 is 0 Å². The lowest BCUT2D eigenvalue weighted by Crippen LogP contribution is -2.20. The summed E-state index contributed by atoms with van der Waals surface area (Å²) in [6.07, 6.45) is 0.669. The van der Waals surface area contributed by atoms with Gasteiger partial charge in [0.2, 0.25) is 5.91 Å². The van der Waals surface area contributed by atoms with Crippen molar-refractivity contribution in [2.24, 2.45) is 0 Å². The first-order valence-corrected chi connectivity index (χ1v) is 7.70. The van der Waals surface area contributed by atoms with Crippen LogP contribution in [0.15, 0.2) is 42.5 Å². The SMILES string of the molecule is CC(=O)NCCC#Cc1ccc2sc3ccccc3c2c1. The number of fused-ring (bicyclic) bond motifs is 3. The Kier molecular flexibility index (Phi) is 3.89. The highest BCUT2D eigenvalue weighted by molar-refractivity contribution is 7.25. The van der Waals surface area contributed by atoms with Crippen LogP contribution in [0.5, 0.6) is 0 Å². The summed E-state index contributed by atoms with van der Waals surface area (Å²) in [5.41, 5.74) is 1.02. The van der Waals surface area contributed by atoms with Gasteiger partial charge in [0.15, 0.2) is 0 Å². The van der Waals surface area contributed by atoms with Crippen molar-refractivity contribution in [2.75, 3.05) is 6.54 Å². The lowest BCUT2D eigenvalue weighted by molar-refractivity contribution is -0.118. The Morgan fingerprint density at radius 2 is 1.95 bits per heavy atom. The van der Waals surface area contributed by atoms with Gasteiger partial charge < -0.3 is 5.32 Å². The maximum Gasteiger partial charge on any atom is 0.216 e. The number of benzene rings is 2. The Morgan fingerprint density at radius 1 is 1.14 bits per heavy atom. The standard InChI is InChI=1S/C18H15NOS/c1-13(20)19-11-5-4-6-14-9-10-18-16(12-14)15-7-2-3-8-17(15)21-18/h2-3,7-10,12H,5,11H2,1H3,(H,19,20). The lowest BCUT2D eigenvalue weighted by Gasteiger charge is -1.95. The van der Waals surface area contributed by atoms with Crippen LogP contribution in [0.2, 0.25) is 0 Å². The Morgan fingerprint density at radius 3 is 2.81 bits per heavy atom. The van der Waals surface area contributed by atoms with Gasteiger partial charge in [-0.25, -0.2) is 0 Å². The Bertz CT molecular complexity index is 867. The zero-order valence-corrected chi connectivity index (χ0v) is 12.6. The van der Waals surface area contributed by atoms with Gasteiger partial charge in [-0.1, -0.05) is 30.0 Å². The summed E-state index contributed by atoms with van der Waals surface area (Å²) >= 11 is 1.81. The van der Waals surface area contributed by atoms with Crippen LogP contribution in [0.25, 0.3) is 20.2 Å². The Labute approximate surface area is 127 Å². The molecule has 0 bridgehead atoms. The van der Waals surface area contributed by atoms with Crippen molar-refractivity contribution < 1.29 is 4.79 Å². The summed E-state index contributed by atoms with van der Waals surface area (Å²) in [5, 5.41) is 5.30. The van der Waals surface area contributed by atoms with Crippen LogP contribution < -0.4 is 5.32 Å². The number of carbonyl (C=O) groups excluding carboxylic acids is 1. The lowest BCUT2D eigenvalue weighted by atomic mass is 10.1. The molecular formula is C18H15NOS. The molecule has 0 atom stereocenters. The van der Waals surface area contributed by atoms with Crippen LogP contribution in [0.4, 0.5) is 0 Å². The van der Waals surface area contributed by atoms with E-state index in [0.29, 0.717) is 13.0 Å². The van der Waals surface area contributed by atoms with E-state index < -0.39 is 0 Å². The van der Waals surface area contributed by atoms with Crippen LogP contribution in [-0.2, 0) is 4.79 Å². The average Bonchev–Trinajstić information content (AvgIpc) is 2.84. The summed E-state index contributed by atoms with van der Waals surface area (Å²) < 4.78 is 2.60. The molecule has 3 heteroatoms. The average molecular weight is 293 g/mol. The Balaban J connectivity index is 1.85. The molecule has 21 heavy (non-hydrogen) atoms. The number of carbonyl (C=O) groups is 1. The van der Waals surface area contributed by atoms with Crippen molar-refractivity contribution in [3.63, 3.8) is 0 Å². The van der Waals surface area contributed by atoms with E-state index in [9.17, 15) is 4.79 Å². The van der Waals surface area contributed by atoms with E-state index in [-0.39, 0.29) is 5.91 Å². The largest absolute Gasteiger partial charge is 0.355 e. The number of rotatable bonds is 2. The third-order valence-corrected chi connectivity index (χ3v) is 4.39. The molecule has 0 radical (unpaired) electrons. The maximum atomic E-state index is 10.8. The van der Waals surface area contributed by atoms with Gasteiger partial charge in [0, 0.05) is 45.6 Å². The minimum Gasteiger partial charge on any atom is -0.355 e. The smallest absolute Gasteiger partial charge is 0.216 e. The van der Waals surface area contributed by atoms with E-state index in [4.69, 9.17) is 0 Å². The van der Waals surface area contributed by atoms with Crippen molar-refractivity contribution in [1.29, 1.82) is 0 Å². The zero-order chi connectivity index (χ0) is 14.7. The highest BCUT2D eigenvalue weighted by Gasteiger charge is 2.04.